The number of halogens is 1. The molecule has 0 aliphatic carbocycles. The monoisotopic (exact) mass is 550 g/mol. The highest BCUT2D eigenvalue weighted by Gasteiger charge is 2.48. The molecule has 0 bridgehead atoms. The number of aromatic nitrogens is 1. The highest BCUT2D eigenvalue weighted by molar-refractivity contribution is 7.93. The molecule has 1 aliphatic rings. The van der Waals surface area contributed by atoms with Gasteiger partial charge in [-0.3, -0.25) is 14.5 Å². The summed E-state index contributed by atoms with van der Waals surface area (Å²) in [4.78, 5) is 32.0. The smallest absolute Gasteiger partial charge is 0.301 e. The zero-order chi connectivity index (χ0) is 26.3. The summed E-state index contributed by atoms with van der Waals surface area (Å²) in [6.07, 6.45) is 1.16. The Kier molecular flexibility index (Phi) is 6.45. The van der Waals surface area contributed by atoms with Crippen LogP contribution in [0.5, 0.6) is 0 Å². The average Bonchev–Trinajstić information content (AvgIpc) is 3.48. The molecule has 1 amide bonds. The van der Waals surface area contributed by atoms with E-state index < -0.39 is 27.6 Å². The molecule has 2 heterocycles. The highest BCUT2D eigenvalue weighted by atomic mass is 35.5. The third kappa shape index (κ3) is 4.46. The Bertz CT molecular complexity index is 1660. The molecule has 7 nitrogen and oxygen atoms in total. The number of carbonyl (C=O) groups excluding carboxylic acids is 2. The third-order valence-corrected chi connectivity index (χ3v) is 9.39. The van der Waals surface area contributed by atoms with E-state index >= 15 is 0 Å². The topological polar surface area (TPSA) is 105 Å². The molecular formula is C27H19ClN2O5S2. The Morgan fingerprint density at radius 2 is 1.70 bits per heavy atom. The number of anilines is 1. The maximum Gasteiger partial charge on any atom is 0.301 e. The van der Waals surface area contributed by atoms with Gasteiger partial charge in [-0.05, 0) is 36.8 Å². The van der Waals surface area contributed by atoms with Crippen molar-refractivity contribution in [3.63, 3.8) is 0 Å². The predicted octanol–water partition coefficient (Wildman–Crippen LogP) is 5.56. The quantitative estimate of drug-likeness (QED) is 0.198. The molecule has 37 heavy (non-hydrogen) atoms. The molecule has 10 heteroatoms. The van der Waals surface area contributed by atoms with Crippen LogP contribution in [0.1, 0.15) is 22.7 Å². The number of carbonyl (C=O) groups is 2. The van der Waals surface area contributed by atoms with Gasteiger partial charge in [0, 0.05) is 10.6 Å². The molecule has 1 fully saturated rings. The number of rotatable bonds is 5. The lowest BCUT2D eigenvalue weighted by atomic mass is 9.95. The van der Waals surface area contributed by atoms with E-state index in [1.807, 2.05) is 6.92 Å². The second-order valence-electron chi connectivity index (χ2n) is 8.37. The molecular weight excluding hydrogens is 532 g/mol. The van der Waals surface area contributed by atoms with E-state index in [-0.39, 0.29) is 25.6 Å². The number of nitrogens with zero attached hydrogens (tertiary/aromatic N) is 2. The number of thiazole rings is 1. The summed E-state index contributed by atoms with van der Waals surface area (Å²) >= 11 is 6.99. The molecule has 1 aliphatic heterocycles. The SMILES string of the molecule is Cc1ccc(C(O)=C2C(=O)C(=O)N(c3ncc(S(=O)(=O)c4ccccc4)s3)C2c2cccc(Cl)c2)cc1. The molecule has 0 spiro atoms. The van der Waals surface area contributed by atoms with Crippen molar-refractivity contribution in [3.05, 3.63) is 112 Å². The largest absolute Gasteiger partial charge is 0.507 e. The number of aliphatic hydroxyl groups is 1. The minimum absolute atomic E-state index is 0.00420. The number of hydrogen-bond donors (Lipinski definition) is 1. The molecule has 1 unspecified atom stereocenters. The average molecular weight is 551 g/mol. The summed E-state index contributed by atoms with van der Waals surface area (Å²) in [6.45, 7) is 1.89. The first-order valence-corrected chi connectivity index (χ1v) is 13.8. The fourth-order valence-corrected chi connectivity index (χ4v) is 6.86. The third-order valence-electron chi connectivity index (χ3n) is 5.93. The molecule has 1 N–H and O–H groups in total. The van der Waals surface area contributed by atoms with Crippen molar-refractivity contribution in [3.8, 4) is 0 Å². The maximum absolute atomic E-state index is 13.3. The van der Waals surface area contributed by atoms with Crippen LogP contribution in [-0.2, 0) is 19.4 Å². The minimum Gasteiger partial charge on any atom is -0.507 e. The number of hydrogen-bond acceptors (Lipinski definition) is 7. The fourth-order valence-electron chi connectivity index (χ4n) is 4.09. The molecule has 3 aromatic carbocycles. The summed E-state index contributed by atoms with van der Waals surface area (Å²) in [5.41, 5.74) is 1.64. The lowest BCUT2D eigenvalue weighted by Gasteiger charge is -2.23. The molecule has 1 aromatic heterocycles. The molecule has 5 rings (SSSR count). The van der Waals surface area contributed by atoms with Gasteiger partial charge < -0.3 is 5.11 Å². The number of sulfone groups is 1. The van der Waals surface area contributed by atoms with Crippen molar-refractivity contribution in [2.45, 2.75) is 22.1 Å². The summed E-state index contributed by atoms with van der Waals surface area (Å²) < 4.78 is 26.2. The van der Waals surface area contributed by atoms with Gasteiger partial charge in [-0.2, -0.15) is 0 Å². The second-order valence-corrected chi connectivity index (χ2v) is 12.0. The fraction of sp³-hybridized carbons (Fsp3) is 0.0741. The summed E-state index contributed by atoms with van der Waals surface area (Å²) in [6, 6.07) is 20.2. The lowest BCUT2D eigenvalue weighted by Crippen LogP contribution is -2.29. The van der Waals surface area contributed by atoms with Crippen LogP contribution in [0.3, 0.4) is 0 Å². The van der Waals surface area contributed by atoms with Crippen molar-refractivity contribution < 1.29 is 23.1 Å². The highest BCUT2D eigenvalue weighted by Crippen LogP contribution is 2.44. The first kappa shape index (κ1) is 24.9. The van der Waals surface area contributed by atoms with Gasteiger partial charge >= 0.3 is 5.91 Å². The number of ketones is 1. The second kappa shape index (κ2) is 9.59. The van der Waals surface area contributed by atoms with Gasteiger partial charge in [0.15, 0.2) is 5.13 Å². The van der Waals surface area contributed by atoms with Crippen LogP contribution in [0.4, 0.5) is 5.13 Å². The standard InChI is InChI=1S/C27H19ClN2O5S2/c1-16-10-12-17(13-11-16)24(31)22-23(18-6-5-7-19(28)14-18)30(26(33)25(22)32)27-29-15-21(36-27)37(34,35)20-8-3-2-4-9-20/h2-15,23,31H,1H3. The number of amides is 1. The molecule has 1 saturated heterocycles. The normalized spacial score (nSPS) is 17.4. The Morgan fingerprint density at radius 3 is 2.38 bits per heavy atom. The van der Waals surface area contributed by atoms with Gasteiger partial charge in [-0.15, -0.1) is 0 Å². The van der Waals surface area contributed by atoms with E-state index in [0.717, 1.165) is 28.0 Å². The van der Waals surface area contributed by atoms with Crippen LogP contribution < -0.4 is 4.90 Å². The van der Waals surface area contributed by atoms with Crippen LogP contribution >= 0.6 is 22.9 Å². The van der Waals surface area contributed by atoms with Crippen LogP contribution in [0, 0.1) is 6.92 Å². The van der Waals surface area contributed by atoms with Crippen LogP contribution in [0.15, 0.2) is 99.7 Å². The molecule has 0 radical (unpaired) electrons. The van der Waals surface area contributed by atoms with Crippen molar-refractivity contribution in [1.29, 1.82) is 0 Å². The van der Waals surface area contributed by atoms with Crippen molar-refractivity contribution in [2.75, 3.05) is 4.90 Å². The Hall–Kier alpha value is -3.79. The van der Waals surface area contributed by atoms with Gasteiger partial charge in [0.2, 0.25) is 9.84 Å². The van der Waals surface area contributed by atoms with Crippen LogP contribution in [0.25, 0.3) is 5.76 Å². The number of aryl methyl sites for hydroxylation is 1. The molecule has 4 aromatic rings. The van der Waals surface area contributed by atoms with E-state index in [2.05, 4.69) is 4.98 Å². The van der Waals surface area contributed by atoms with Gasteiger partial charge in [0.05, 0.1) is 22.7 Å². The van der Waals surface area contributed by atoms with Crippen molar-refractivity contribution in [2.24, 2.45) is 0 Å². The van der Waals surface area contributed by atoms with Crippen LogP contribution in [-0.4, -0.2) is 30.2 Å². The summed E-state index contributed by atoms with van der Waals surface area (Å²) in [5.74, 6) is -2.19. The number of Topliss-reactive ketones (excluding diaryl/α,β-unsaturated/α-hetero) is 1. The van der Waals surface area contributed by atoms with E-state index in [9.17, 15) is 23.1 Å². The van der Waals surface area contributed by atoms with Gasteiger partial charge in [0.1, 0.15) is 9.97 Å². The van der Waals surface area contributed by atoms with Crippen molar-refractivity contribution in [1.82, 2.24) is 4.98 Å². The minimum atomic E-state index is -3.89. The summed E-state index contributed by atoms with van der Waals surface area (Å²) in [5, 5.41) is 11.6. The Morgan fingerprint density at radius 1 is 1.00 bits per heavy atom. The van der Waals surface area contributed by atoms with Crippen LogP contribution in [0.2, 0.25) is 5.02 Å². The van der Waals surface area contributed by atoms with E-state index in [0.29, 0.717) is 16.1 Å². The van der Waals surface area contributed by atoms with E-state index in [4.69, 9.17) is 11.6 Å². The number of benzene rings is 3. The van der Waals surface area contributed by atoms with Crippen molar-refractivity contribution >= 4 is 55.4 Å². The Balaban J connectivity index is 1.67. The zero-order valence-electron chi connectivity index (χ0n) is 19.3. The van der Waals surface area contributed by atoms with Gasteiger partial charge in [-0.1, -0.05) is 83.1 Å². The maximum atomic E-state index is 13.3. The van der Waals surface area contributed by atoms with Gasteiger partial charge in [0.25, 0.3) is 5.78 Å². The molecule has 186 valence electrons. The van der Waals surface area contributed by atoms with E-state index in [1.54, 1.807) is 66.7 Å². The number of aliphatic hydroxyl groups excluding tert-OH is 1. The van der Waals surface area contributed by atoms with E-state index in [1.165, 1.54) is 12.1 Å². The first-order valence-electron chi connectivity index (χ1n) is 11.1. The first-order chi connectivity index (χ1) is 17.7. The predicted molar refractivity (Wildman–Crippen MR) is 141 cm³/mol. The summed E-state index contributed by atoms with van der Waals surface area (Å²) in [7, 11) is -3.89. The molecule has 1 atom stereocenters. The van der Waals surface area contributed by atoms with Gasteiger partial charge in [-0.25, -0.2) is 13.4 Å². The lowest BCUT2D eigenvalue weighted by molar-refractivity contribution is -0.132. The Labute approximate surface area is 222 Å². The zero-order valence-corrected chi connectivity index (χ0v) is 21.7. The molecule has 0 saturated carbocycles.